The first-order valence-corrected chi connectivity index (χ1v) is 3.42. The molecule has 9 heavy (non-hydrogen) atoms. The van der Waals surface area contributed by atoms with E-state index in [1.807, 2.05) is 0 Å². The lowest BCUT2D eigenvalue weighted by Crippen LogP contribution is -2.16. The zero-order valence-electron chi connectivity index (χ0n) is 5.35. The number of rotatable bonds is 1. The first-order chi connectivity index (χ1) is 4.33. The van der Waals surface area contributed by atoms with E-state index in [0.717, 1.165) is 19.1 Å². The van der Waals surface area contributed by atoms with Gasteiger partial charge in [0.05, 0.1) is 0 Å². The Bertz CT molecular complexity index is 103. The summed E-state index contributed by atoms with van der Waals surface area (Å²) in [5, 5.41) is 0. The maximum Gasteiger partial charge on any atom is 0.123 e. The van der Waals surface area contributed by atoms with E-state index in [2.05, 4.69) is 0 Å². The van der Waals surface area contributed by atoms with Gasteiger partial charge in [0.1, 0.15) is 12.5 Å². The van der Waals surface area contributed by atoms with E-state index in [0.29, 0.717) is 12.8 Å². The highest BCUT2D eigenvalue weighted by Gasteiger charge is 2.20. The molecule has 0 aromatic carbocycles. The molecule has 0 bridgehead atoms. The average molecular weight is 130 g/mol. The molecule has 0 aromatic rings. The number of carbonyl (C=O) groups excluding carboxylic acids is 1. The Morgan fingerprint density at radius 2 is 2.22 bits per heavy atom. The summed E-state index contributed by atoms with van der Waals surface area (Å²) in [6.07, 6.45) is 3.06. The Labute approximate surface area is 54.3 Å². The van der Waals surface area contributed by atoms with Crippen LogP contribution in [0, 0.1) is 5.92 Å². The minimum absolute atomic E-state index is 0.00810. The average Bonchev–Trinajstić information content (AvgIpc) is 1.88. The summed E-state index contributed by atoms with van der Waals surface area (Å²) >= 11 is 0. The summed E-state index contributed by atoms with van der Waals surface area (Å²) in [6, 6.07) is 0. The summed E-state index contributed by atoms with van der Waals surface area (Å²) < 4.78 is 12.5. The van der Waals surface area contributed by atoms with Gasteiger partial charge in [-0.25, -0.2) is 4.39 Å². The van der Waals surface area contributed by atoms with Crippen molar-refractivity contribution in [3.63, 3.8) is 0 Å². The van der Waals surface area contributed by atoms with Gasteiger partial charge in [-0.3, -0.25) is 0 Å². The molecule has 1 nitrogen and oxygen atoms in total. The van der Waals surface area contributed by atoms with Crippen molar-refractivity contribution in [1.29, 1.82) is 0 Å². The van der Waals surface area contributed by atoms with Crippen molar-refractivity contribution < 1.29 is 9.18 Å². The van der Waals surface area contributed by atoms with E-state index in [4.69, 9.17) is 0 Å². The van der Waals surface area contributed by atoms with Crippen LogP contribution >= 0.6 is 0 Å². The van der Waals surface area contributed by atoms with Crippen LogP contribution < -0.4 is 0 Å². The molecular formula is C7H11FO. The standard InChI is InChI=1S/C7H11FO/c8-7-3-1-2-6(4-7)5-9/h5-7H,1-4H2/t6-,7-/m1/s1. The minimum atomic E-state index is -0.714. The maximum absolute atomic E-state index is 12.5. The lowest BCUT2D eigenvalue weighted by Gasteiger charge is -2.18. The Morgan fingerprint density at radius 1 is 1.44 bits per heavy atom. The van der Waals surface area contributed by atoms with Crippen LogP contribution in [-0.4, -0.2) is 12.5 Å². The molecule has 1 fully saturated rings. The predicted octanol–water partition coefficient (Wildman–Crippen LogP) is 1.71. The van der Waals surface area contributed by atoms with Gasteiger partial charge in [0, 0.05) is 5.92 Å². The smallest absolute Gasteiger partial charge is 0.123 e. The molecule has 1 saturated carbocycles. The lowest BCUT2D eigenvalue weighted by molar-refractivity contribution is -0.112. The van der Waals surface area contributed by atoms with Gasteiger partial charge in [-0.05, 0) is 25.7 Å². The summed E-state index contributed by atoms with van der Waals surface area (Å²) in [5.74, 6) is 0.00810. The highest BCUT2D eigenvalue weighted by Crippen LogP contribution is 2.24. The Balaban J connectivity index is 2.31. The molecule has 0 N–H and O–H groups in total. The topological polar surface area (TPSA) is 17.1 Å². The maximum atomic E-state index is 12.5. The van der Waals surface area contributed by atoms with Gasteiger partial charge in [0.2, 0.25) is 0 Å². The van der Waals surface area contributed by atoms with E-state index < -0.39 is 6.17 Å². The number of halogens is 1. The molecule has 52 valence electrons. The minimum Gasteiger partial charge on any atom is -0.303 e. The third-order valence-corrected chi connectivity index (χ3v) is 1.84. The molecule has 1 rings (SSSR count). The van der Waals surface area contributed by atoms with Crippen molar-refractivity contribution in [2.75, 3.05) is 0 Å². The van der Waals surface area contributed by atoms with E-state index in [1.54, 1.807) is 0 Å². The molecule has 0 heterocycles. The Kier molecular flexibility index (Phi) is 2.20. The van der Waals surface area contributed by atoms with Crippen LogP contribution in [0.4, 0.5) is 4.39 Å². The van der Waals surface area contributed by atoms with Crippen LogP contribution in [0.3, 0.4) is 0 Å². The zero-order chi connectivity index (χ0) is 6.69. The van der Waals surface area contributed by atoms with Crippen LogP contribution in [-0.2, 0) is 4.79 Å². The molecule has 0 spiro atoms. The molecule has 0 saturated heterocycles. The summed E-state index contributed by atoms with van der Waals surface area (Å²) in [7, 11) is 0. The van der Waals surface area contributed by atoms with Crippen LogP contribution in [0.15, 0.2) is 0 Å². The van der Waals surface area contributed by atoms with Gasteiger partial charge in [0.25, 0.3) is 0 Å². The van der Waals surface area contributed by atoms with Crippen molar-refractivity contribution in [3.8, 4) is 0 Å². The predicted molar refractivity (Wildman–Crippen MR) is 32.9 cm³/mol. The second kappa shape index (κ2) is 2.95. The van der Waals surface area contributed by atoms with Gasteiger partial charge in [-0.1, -0.05) is 0 Å². The second-order valence-electron chi connectivity index (χ2n) is 2.66. The van der Waals surface area contributed by atoms with Gasteiger partial charge < -0.3 is 4.79 Å². The number of alkyl halides is 1. The van der Waals surface area contributed by atoms with Gasteiger partial charge in [-0.2, -0.15) is 0 Å². The molecule has 2 atom stereocenters. The van der Waals surface area contributed by atoms with E-state index in [-0.39, 0.29) is 5.92 Å². The SMILES string of the molecule is O=C[C@@H]1CCC[C@@H](F)C1. The monoisotopic (exact) mass is 130 g/mol. The van der Waals surface area contributed by atoms with Crippen LogP contribution in [0.1, 0.15) is 25.7 Å². The normalized spacial score (nSPS) is 36.1. The van der Waals surface area contributed by atoms with E-state index >= 15 is 0 Å². The van der Waals surface area contributed by atoms with E-state index in [1.165, 1.54) is 0 Å². The van der Waals surface area contributed by atoms with E-state index in [9.17, 15) is 9.18 Å². The van der Waals surface area contributed by atoms with Gasteiger partial charge in [-0.15, -0.1) is 0 Å². The lowest BCUT2D eigenvalue weighted by atomic mass is 9.89. The molecular weight excluding hydrogens is 119 g/mol. The highest BCUT2D eigenvalue weighted by molar-refractivity contribution is 5.53. The van der Waals surface area contributed by atoms with Crippen LogP contribution in [0.5, 0.6) is 0 Å². The van der Waals surface area contributed by atoms with Crippen LogP contribution in [0.25, 0.3) is 0 Å². The molecule has 0 unspecified atom stereocenters. The summed E-state index contributed by atoms with van der Waals surface area (Å²) in [5.41, 5.74) is 0. The van der Waals surface area contributed by atoms with Crippen molar-refractivity contribution in [3.05, 3.63) is 0 Å². The number of hydrogen-bond acceptors (Lipinski definition) is 1. The second-order valence-corrected chi connectivity index (χ2v) is 2.66. The largest absolute Gasteiger partial charge is 0.303 e. The van der Waals surface area contributed by atoms with Gasteiger partial charge in [0.15, 0.2) is 0 Å². The number of carbonyl (C=O) groups is 1. The number of hydrogen-bond donors (Lipinski definition) is 0. The summed E-state index contributed by atoms with van der Waals surface area (Å²) in [4.78, 5) is 10.1. The quantitative estimate of drug-likeness (QED) is 0.494. The number of aldehydes is 1. The van der Waals surface area contributed by atoms with Crippen molar-refractivity contribution in [2.24, 2.45) is 5.92 Å². The zero-order valence-corrected chi connectivity index (χ0v) is 5.35. The van der Waals surface area contributed by atoms with Crippen molar-refractivity contribution in [1.82, 2.24) is 0 Å². The first kappa shape index (κ1) is 6.72. The third kappa shape index (κ3) is 1.77. The molecule has 1 aliphatic carbocycles. The Morgan fingerprint density at radius 3 is 2.67 bits per heavy atom. The molecule has 0 amide bonds. The van der Waals surface area contributed by atoms with Gasteiger partial charge >= 0.3 is 0 Å². The van der Waals surface area contributed by atoms with Crippen LogP contribution in [0.2, 0.25) is 0 Å². The Hall–Kier alpha value is -0.400. The first-order valence-electron chi connectivity index (χ1n) is 3.42. The fourth-order valence-corrected chi connectivity index (χ4v) is 1.29. The molecule has 2 heteroatoms. The summed E-state index contributed by atoms with van der Waals surface area (Å²) in [6.45, 7) is 0. The van der Waals surface area contributed by atoms with Crippen molar-refractivity contribution in [2.45, 2.75) is 31.9 Å². The fraction of sp³-hybridized carbons (Fsp3) is 0.857. The van der Waals surface area contributed by atoms with Crippen molar-refractivity contribution >= 4 is 6.29 Å². The molecule has 0 radical (unpaired) electrons. The third-order valence-electron chi connectivity index (χ3n) is 1.84. The highest BCUT2D eigenvalue weighted by atomic mass is 19.1. The molecule has 0 aliphatic heterocycles. The molecule has 1 aliphatic rings. The fourth-order valence-electron chi connectivity index (χ4n) is 1.29. The molecule has 0 aromatic heterocycles.